The molecule has 0 aliphatic heterocycles. The van der Waals surface area contributed by atoms with Gasteiger partial charge < -0.3 is 10.3 Å². The van der Waals surface area contributed by atoms with Crippen LogP contribution in [0.15, 0.2) is 46.9 Å². The van der Waals surface area contributed by atoms with Crippen LogP contribution in [0.4, 0.5) is 5.69 Å². The highest BCUT2D eigenvalue weighted by Crippen LogP contribution is 2.40. The lowest BCUT2D eigenvalue weighted by molar-refractivity contribution is -0.384. The third-order valence-corrected chi connectivity index (χ3v) is 6.20. The molecule has 6 heteroatoms. The zero-order valence-electron chi connectivity index (χ0n) is 15.4. The molecular formula is C21H22BrN3O2. The smallest absolute Gasteiger partial charge is 0.269 e. The minimum absolute atomic E-state index is 0.111. The molecule has 4 rings (SSSR count). The first-order valence-electron chi connectivity index (χ1n) is 9.11. The molecule has 2 aromatic carbocycles. The van der Waals surface area contributed by atoms with E-state index >= 15 is 0 Å². The van der Waals surface area contributed by atoms with Crippen LogP contribution in [-0.4, -0.2) is 15.5 Å². The van der Waals surface area contributed by atoms with E-state index in [2.05, 4.69) is 52.5 Å². The van der Waals surface area contributed by atoms with Gasteiger partial charge in [0.15, 0.2) is 0 Å². The SMILES string of the molecule is CC(C)(c1ccc([N+](=O)[O-])cc1)n1c2c(c3cc(Br)ccc31)CC[C@H](N)C2. The van der Waals surface area contributed by atoms with E-state index in [0.29, 0.717) is 0 Å². The van der Waals surface area contributed by atoms with E-state index < -0.39 is 0 Å². The van der Waals surface area contributed by atoms with Gasteiger partial charge in [-0.15, -0.1) is 0 Å². The first-order chi connectivity index (χ1) is 12.8. The number of hydrogen-bond donors (Lipinski definition) is 1. The zero-order valence-corrected chi connectivity index (χ0v) is 17.0. The van der Waals surface area contributed by atoms with E-state index in [1.807, 2.05) is 12.1 Å². The van der Waals surface area contributed by atoms with Crippen molar-refractivity contribution in [3.8, 4) is 0 Å². The largest absolute Gasteiger partial charge is 0.335 e. The van der Waals surface area contributed by atoms with Crippen LogP contribution in [-0.2, 0) is 18.4 Å². The summed E-state index contributed by atoms with van der Waals surface area (Å²) in [6.07, 6.45) is 2.82. The van der Waals surface area contributed by atoms with Gasteiger partial charge in [-0.25, -0.2) is 0 Å². The number of halogens is 1. The molecule has 5 nitrogen and oxygen atoms in total. The van der Waals surface area contributed by atoms with Gasteiger partial charge in [-0.3, -0.25) is 10.1 Å². The Morgan fingerprint density at radius 3 is 2.59 bits per heavy atom. The second-order valence-corrected chi connectivity index (χ2v) is 8.70. The first-order valence-corrected chi connectivity index (χ1v) is 9.91. The molecule has 0 unspecified atom stereocenters. The minimum Gasteiger partial charge on any atom is -0.335 e. The van der Waals surface area contributed by atoms with Crippen LogP contribution < -0.4 is 5.73 Å². The van der Waals surface area contributed by atoms with Crippen molar-refractivity contribution in [1.82, 2.24) is 4.57 Å². The Morgan fingerprint density at radius 1 is 1.22 bits per heavy atom. The lowest BCUT2D eigenvalue weighted by Gasteiger charge is -2.33. The Morgan fingerprint density at radius 2 is 1.93 bits per heavy atom. The summed E-state index contributed by atoms with van der Waals surface area (Å²) in [5, 5.41) is 12.3. The number of rotatable bonds is 3. The molecule has 0 bridgehead atoms. The average Bonchev–Trinajstić information content (AvgIpc) is 2.95. The van der Waals surface area contributed by atoms with Crippen LogP contribution >= 0.6 is 15.9 Å². The van der Waals surface area contributed by atoms with Crippen molar-refractivity contribution in [3.05, 3.63) is 73.9 Å². The van der Waals surface area contributed by atoms with Crippen LogP contribution in [0.2, 0.25) is 0 Å². The maximum absolute atomic E-state index is 11.0. The van der Waals surface area contributed by atoms with Gasteiger partial charge in [0.2, 0.25) is 0 Å². The van der Waals surface area contributed by atoms with Gasteiger partial charge in [-0.1, -0.05) is 15.9 Å². The van der Waals surface area contributed by atoms with Crippen molar-refractivity contribution >= 4 is 32.5 Å². The van der Waals surface area contributed by atoms with Gasteiger partial charge in [-0.05, 0) is 68.1 Å². The molecular weight excluding hydrogens is 406 g/mol. The maximum atomic E-state index is 11.0. The van der Waals surface area contributed by atoms with Gasteiger partial charge in [0.05, 0.1) is 10.5 Å². The zero-order chi connectivity index (χ0) is 19.3. The Kier molecular flexibility index (Phi) is 4.35. The van der Waals surface area contributed by atoms with E-state index in [-0.39, 0.29) is 22.2 Å². The highest BCUT2D eigenvalue weighted by Gasteiger charge is 2.32. The van der Waals surface area contributed by atoms with Crippen molar-refractivity contribution in [2.45, 2.75) is 44.7 Å². The Labute approximate surface area is 166 Å². The normalized spacial score (nSPS) is 17.1. The van der Waals surface area contributed by atoms with Crippen LogP contribution in [0.5, 0.6) is 0 Å². The molecule has 0 saturated heterocycles. The molecule has 3 aromatic rings. The van der Waals surface area contributed by atoms with Crippen molar-refractivity contribution in [1.29, 1.82) is 0 Å². The standard InChI is InChI=1S/C21H22BrN3O2/c1-21(2,13-3-7-16(8-4-13)25(26)27)24-19-10-5-14(22)11-18(19)17-9-6-15(23)12-20(17)24/h3-5,7-8,10-11,15H,6,9,12,23H2,1-2H3/t15-/m0/s1. The molecule has 1 aliphatic rings. The van der Waals surface area contributed by atoms with Crippen molar-refractivity contribution < 1.29 is 4.92 Å². The van der Waals surface area contributed by atoms with Crippen molar-refractivity contribution in [3.63, 3.8) is 0 Å². The Bertz CT molecular complexity index is 1040. The molecule has 0 amide bonds. The molecule has 1 aliphatic carbocycles. The molecule has 1 atom stereocenters. The van der Waals surface area contributed by atoms with Crippen LogP contribution in [0.25, 0.3) is 10.9 Å². The fourth-order valence-electron chi connectivity index (χ4n) is 4.31. The number of nitro groups is 1. The fourth-order valence-corrected chi connectivity index (χ4v) is 4.67. The third-order valence-electron chi connectivity index (χ3n) is 5.71. The minimum atomic E-state index is -0.361. The number of hydrogen-bond acceptors (Lipinski definition) is 3. The molecule has 1 aromatic heterocycles. The summed E-state index contributed by atoms with van der Waals surface area (Å²) >= 11 is 3.60. The van der Waals surface area contributed by atoms with Crippen LogP contribution in [0.3, 0.4) is 0 Å². The second-order valence-electron chi connectivity index (χ2n) is 7.79. The molecule has 0 saturated carbocycles. The first kappa shape index (κ1) is 18.2. The summed E-state index contributed by atoms with van der Waals surface area (Å²) in [5.41, 5.74) is 10.9. The number of nitrogens with two attached hydrogens (primary N) is 1. The highest BCUT2D eigenvalue weighted by molar-refractivity contribution is 9.10. The number of non-ortho nitro benzene ring substituents is 1. The summed E-state index contributed by atoms with van der Waals surface area (Å²) < 4.78 is 3.45. The topological polar surface area (TPSA) is 74.1 Å². The highest BCUT2D eigenvalue weighted by atomic mass is 79.9. The quantitative estimate of drug-likeness (QED) is 0.476. The number of nitrogens with zero attached hydrogens (tertiary/aromatic N) is 2. The van der Waals surface area contributed by atoms with Gasteiger partial charge >= 0.3 is 0 Å². The molecule has 140 valence electrons. The predicted octanol–water partition coefficient (Wildman–Crippen LogP) is 4.91. The fraction of sp³-hybridized carbons (Fsp3) is 0.333. The van der Waals surface area contributed by atoms with E-state index in [0.717, 1.165) is 29.3 Å². The van der Waals surface area contributed by atoms with Gasteiger partial charge in [0, 0.05) is 45.7 Å². The molecule has 27 heavy (non-hydrogen) atoms. The van der Waals surface area contributed by atoms with E-state index in [4.69, 9.17) is 5.73 Å². The Hall–Kier alpha value is -2.18. The second kappa shape index (κ2) is 6.46. The number of benzene rings is 2. The average molecular weight is 428 g/mol. The van der Waals surface area contributed by atoms with Crippen molar-refractivity contribution in [2.75, 3.05) is 0 Å². The summed E-state index contributed by atoms with van der Waals surface area (Å²) in [7, 11) is 0. The van der Waals surface area contributed by atoms with Crippen molar-refractivity contribution in [2.24, 2.45) is 5.73 Å². The molecule has 0 spiro atoms. The van der Waals surface area contributed by atoms with E-state index in [9.17, 15) is 10.1 Å². The summed E-state index contributed by atoms with van der Waals surface area (Å²) in [4.78, 5) is 10.6. The number of aryl methyl sites for hydroxylation is 1. The molecule has 0 radical (unpaired) electrons. The lowest BCUT2D eigenvalue weighted by Crippen LogP contribution is -2.34. The summed E-state index contributed by atoms with van der Waals surface area (Å²) in [6.45, 7) is 4.33. The Balaban J connectivity index is 1.94. The van der Waals surface area contributed by atoms with Gasteiger partial charge in [0.1, 0.15) is 0 Å². The number of aromatic nitrogens is 1. The van der Waals surface area contributed by atoms with Crippen LogP contribution in [0.1, 0.15) is 37.1 Å². The van der Waals surface area contributed by atoms with Gasteiger partial charge in [0.25, 0.3) is 5.69 Å². The number of fused-ring (bicyclic) bond motifs is 3. The summed E-state index contributed by atoms with van der Waals surface area (Å²) in [5.74, 6) is 0. The lowest BCUT2D eigenvalue weighted by atomic mass is 9.90. The molecule has 1 heterocycles. The molecule has 0 fully saturated rings. The predicted molar refractivity (Wildman–Crippen MR) is 111 cm³/mol. The third kappa shape index (κ3) is 2.97. The van der Waals surface area contributed by atoms with E-state index in [1.165, 1.54) is 22.2 Å². The van der Waals surface area contributed by atoms with Gasteiger partial charge in [-0.2, -0.15) is 0 Å². The van der Waals surface area contributed by atoms with E-state index in [1.54, 1.807) is 12.1 Å². The van der Waals surface area contributed by atoms with Crippen LogP contribution in [0, 0.1) is 10.1 Å². The maximum Gasteiger partial charge on any atom is 0.269 e. The number of nitro benzene ring substituents is 1. The monoisotopic (exact) mass is 427 g/mol. The summed E-state index contributed by atoms with van der Waals surface area (Å²) in [6, 6.07) is 13.4. The molecule has 2 N–H and O–H groups in total.